The summed E-state index contributed by atoms with van der Waals surface area (Å²) in [6.07, 6.45) is 1.41. The van der Waals surface area contributed by atoms with Gasteiger partial charge in [0.05, 0.1) is 36.5 Å². The molecule has 5 N–H and O–H groups in total. The predicted molar refractivity (Wildman–Crippen MR) is 124 cm³/mol. The number of methoxy groups -OCH3 is 1. The highest BCUT2D eigenvalue weighted by Crippen LogP contribution is 2.38. The van der Waals surface area contributed by atoms with E-state index in [4.69, 9.17) is 20.4 Å². The van der Waals surface area contributed by atoms with Crippen molar-refractivity contribution in [3.8, 4) is 17.1 Å². The Morgan fingerprint density at radius 3 is 2.82 bits per heavy atom. The summed E-state index contributed by atoms with van der Waals surface area (Å²) >= 11 is 0. The van der Waals surface area contributed by atoms with Crippen LogP contribution in [0.15, 0.2) is 42.5 Å². The zero-order valence-corrected chi connectivity index (χ0v) is 18.8. The van der Waals surface area contributed by atoms with Crippen LogP contribution in [-0.2, 0) is 11.3 Å². The Hall–Kier alpha value is -3.60. The van der Waals surface area contributed by atoms with Crippen LogP contribution < -0.4 is 16.0 Å². The molecule has 1 aromatic carbocycles. The van der Waals surface area contributed by atoms with E-state index in [0.717, 1.165) is 11.1 Å². The second kappa shape index (κ2) is 10.1. The van der Waals surface area contributed by atoms with Crippen molar-refractivity contribution in [3.05, 3.63) is 70.8 Å². The minimum Gasteiger partial charge on any atom is -0.481 e. The first-order chi connectivity index (χ1) is 16.4. The minimum atomic E-state index is -1.03. The monoisotopic (exact) mass is 467 g/mol. The summed E-state index contributed by atoms with van der Waals surface area (Å²) in [5, 5.41) is 18.6. The summed E-state index contributed by atoms with van der Waals surface area (Å²) in [6.45, 7) is 1.27. The molecule has 3 aromatic rings. The Bertz CT molecular complexity index is 1220. The number of aliphatic hydroxyl groups excluding tert-OH is 2. The molecule has 178 valence electrons. The summed E-state index contributed by atoms with van der Waals surface area (Å²) in [4.78, 5) is 18.6. The number of pyridine rings is 1. The molecule has 4 rings (SSSR count). The first kappa shape index (κ1) is 23.6. The van der Waals surface area contributed by atoms with E-state index in [1.165, 1.54) is 19.2 Å². The number of nitrogens with two attached hydrogens (primary N) is 1. The maximum absolute atomic E-state index is 14.3. The van der Waals surface area contributed by atoms with Crippen LogP contribution in [0.4, 0.5) is 10.3 Å². The van der Waals surface area contributed by atoms with Crippen molar-refractivity contribution in [2.75, 3.05) is 26.1 Å². The van der Waals surface area contributed by atoms with E-state index in [9.17, 15) is 9.50 Å². The Labute approximate surface area is 196 Å². The predicted octanol–water partition coefficient (Wildman–Crippen LogP) is 2.13. The van der Waals surface area contributed by atoms with Gasteiger partial charge in [-0.1, -0.05) is 18.2 Å². The molecule has 0 aliphatic heterocycles. The lowest BCUT2D eigenvalue weighted by Crippen LogP contribution is -2.27. The second-order valence-electron chi connectivity index (χ2n) is 7.93. The molecule has 1 aliphatic rings. The number of hydrogen-bond donors (Lipinski definition) is 4. The number of nitrogen functional groups attached to an aromatic ring is 1. The number of fused-ring (bicyclic) bond motifs is 1. The normalized spacial score (nSPS) is 15.9. The average Bonchev–Trinajstić information content (AvgIpc) is 2.83. The quantitative estimate of drug-likeness (QED) is 0.367. The number of hydrogen-bond acceptors (Lipinski definition) is 9. The van der Waals surface area contributed by atoms with Crippen LogP contribution in [0.2, 0.25) is 0 Å². The number of rotatable bonds is 8. The van der Waals surface area contributed by atoms with Gasteiger partial charge in [-0.25, -0.2) is 19.3 Å². The first-order valence-electron chi connectivity index (χ1n) is 10.7. The van der Waals surface area contributed by atoms with E-state index in [0.29, 0.717) is 40.6 Å². The zero-order valence-electron chi connectivity index (χ0n) is 18.8. The van der Waals surface area contributed by atoms with Gasteiger partial charge in [0.2, 0.25) is 11.8 Å². The van der Waals surface area contributed by atoms with Gasteiger partial charge in [-0.15, -0.1) is 0 Å². The van der Waals surface area contributed by atoms with Gasteiger partial charge in [0.1, 0.15) is 18.5 Å². The Morgan fingerprint density at radius 2 is 2.06 bits per heavy atom. The number of halogens is 1. The highest BCUT2D eigenvalue weighted by Gasteiger charge is 2.27. The number of aliphatic hydroxyl groups is 2. The third-order valence-electron chi connectivity index (χ3n) is 5.52. The van der Waals surface area contributed by atoms with Gasteiger partial charge in [-0.3, -0.25) is 10.3 Å². The van der Waals surface area contributed by atoms with Crippen LogP contribution >= 0.6 is 0 Å². The van der Waals surface area contributed by atoms with E-state index in [1.807, 2.05) is 13.0 Å². The van der Waals surface area contributed by atoms with Crippen molar-refractivity contribution < 1.29 is 24.2 Å². The second-order valence-corrected chi connectivity index (χ2v) is 7.93. The molecule has 2 aromatic heterocycles. The van der Waals surface area contributed by atoms with E-state index in [-0.39, 0.29) is 24.3 Å². The Morgan fingerprint density at radius 1 is 1.24 bits per heavy atom. The molecule has 1 aliphatic carbocycles. The molecule has 10 heteroatoms. The van der Waals surface area contributed by atoms with Crippen molar-refractivity contribution >= 4 is 11.6 Å². The number of allylic oxidation sites excluding steroid dienone is 1. The number of hydroxylamine groups is 1. The number of nitrogens with zero attached hydrogens (tertiary/aromatic N) is 3. The van der Waals surface area contributed by atoms with Gasteiger partial charge in [-0.05, 0) is 30.7 Å². The van der Waals surface area contributed by atoms with E-state index >= 15 is 0 Å². The van der Waals surface area contributed by atoms with Crippen LogP contribution in [0.25, 0.3) is 17.0 Å². The fraction of sp³-hybridized carbons (Fsp3) is 0.292. The maximum atomic E-state index is 14.3. The van der Waals surface area contributed by atoms with Crippen LogP contribution in [0.1, 0.15) is 28.4 Å². The SMILES string of the molecule is COc1cccc(-c2cc(F)ccc2[C@@H]2C=C(NOC[C@@H](O)CO)c3c(C)nc(N)nc3C2)n1. The van der Waals surface area contributed by atoms with Crippen LogP contribution in [-0.4, -0.2) is 51.6 Å². The molecule has 0 spiro atoms. The number of anilines is 1. The van der Waals surface area contributed by atoms with Crippen LogP contribution in [0.3, 0.4) is 0 Å². The largest absolute Gasteiger partial charge is 0.481 e. The summed E-state index contributed by atoms with van der Waals surface area (Å²) in [5.41, 5.74) is 13.5. The summed E-state index contributed by atoms with van der Waals surface area (Å²) < 4.78 is 19.5. The molecule has 2 heterocycles. The highest BCUT2D eigenvalue weighted by molar-refractivity contribution is 5.73. The van der Waals surface area contributed by atoms with Gasteiger partial charge >= 0.3 is 0 Å². The molecule has 34 heavy (non-hydrogen) atoms. The smallest absolute Gasteiger partial charge is 0.220 e. The molecular weight excluding hydrogens is 441 g/mol. The fourth-order valence-electron chi connectivity index (χ4n) is 4.01. The standard InChI is InChI=1S/C24H26FN5O4/c1-13-23-20(29-24(26)27-13)8-14(9-21(23)30-34-12-16(32)11-31)17-7-6-15(25)10-18(17)19-4-3-5-22(28-19)33-2/h3-7,9-10,14,16,30-32H,8,11-12H2,1-2H3,(H2,26,27,29)/t14-,16-/m0/s1. The number of ether oxygens (including phenoxy) is 1. The van der Waals surface area contributed by atoms with Crippen molar-refractivity contribution in [1.29, 1.82) is 0 Å². The van der Waals surface area contributed by atoms with E-state index in [1.54, 1.807) is 24.3 Å². The van der Waals surface area contributed by atoms with Crippen molar-refractivity contribution in [3.63, 3.8) is 0 Å². The zero-order chi connectivity index (χ0) is 24.2. The molecule has 0 unspecified atom stereocenters. The van der Waals surface area contributed by atoms with Crippen molar-refractivity contribution in [2.45, 2.75) is 25.4 Å². The van der Waals surface area contributed by atoms with E-state index < -0.39 is 12.7 Å². The lowest BCUT2D eigenvalue weighted by Gasteiger charge is -2.27. The summed E-state index contributed by atoms with van der Waals surface area (Å²) in [5.74, 6) is -0.0300. The van der Waals surface area contributed by atoms with Gasteiger partial charge in [0.15, 0.2) is 0 Å². The molecule has 0 amide bonds. The number of aromatic nitrogens is 3. The van der Waals surface area contributed by atoms with Gasteiger partial charge in [0.25, 0.3) is 0 Å². The number of aryl methyl sites for hydroxylation is 1. The molecule has 9 nitrogen and oxygen atoms in total. The van der Waals surface area contributed by atoms with Crippen molar-refractivity contribution in [1.82, 2.24) is 20.4 Å². The van der Waals surface area contributed by atoms with Crippen LogP contribution in [0, 0.1) is 12.7 Å². The Kier molecular flexibility index (Phi) is 7.01. The summed E-state index contributed by atoms with van der Waals surface area (Å²) in [6, 6.07) is 9.90. The Balaban J connectivity index is 1.77. The molecule has 0 bridgehead atoms. The number of benzene rings is 1. The third kappa shape index (κ3) is 4.98. The van der Waals surface area contributed by atoms with Gasteiger partial charge in [0, 0.05) is 29.5 Å². The molecule has 0 fully saturated rings. The lowest BCUT2D eigenvalue weighted by atomic mass is 9.83. The third-order valence-corrected chi connectivity index (χ3v) is 5.52. The molecule has 0 radical (unpaired) electrons. The van der Waals surface area contributed by atoms with Crippen LogP contribution in [0.5, 0.6) is 5.88 Å². The lowest BCUT2D eigenvalue weighted by molar-refractivity contribution is -0.0191. The molecule has 2 atom stereocenters. The van der Waals surface area contributed by atoms with Gasteiger partial charge in [-0.2, -0.15) is 0 Å². The molecule has 0 saturated heterocycles. The first-order valence-corrected chi connectivity index (χ1v) is 10.7. The fourth-order valence-corrected chi connectivity index (χ4v) is 4.01. The average molecular weight is 468 g/mol. The molecular formula is C24H26FN5O4. The van der Waals surface area contributed by atoms with E-state index in [2.05, 4.69) is 20.4 Å². The minimum absolute atomic E-state index is 0.127. The highest BCUT2D eigenvalue weighted by atomic mass is 19.1. The van der Waals surface area contributed by atoms with Gasteiger partial charge < -0.3 is 20.7 Å². The van der Waals surface area contributed by atoms with Crippen molar-refractivity contribution in [2.24, 2.45) is 0 Å². The summed E-state index contributed by atoms with van der Waals surface area (Å²) in [7, 11) is 1.53. The topological polar surface area (TPSA) is 136 Å². The maximum Gasteiger partial charge on any atom is 0.220 e. The number of nitrogens with one attached hydrogen (secondary N) is 1. The molecule has 0 saturated carbocycles.